The summed E-state index contributed by atoms with van der Waals surface area (Å²) in [7, 11) is 0. The van der Waals surface area contributed by atoms with Crippen LogP contribution in [0.25, 0.3) is 10.9 Å². The van der Waals surface area contributed by atoms with Crippen molar-refractivity contribution in [3.8, 4) is 0 Å². The zero-order chi connectivity index (χ0) is 7.68. The lowest BCUT2D eigenvalue weighted by molar-refractivity contribution is 0.824. The van der Waals surface area contributed by atoms with Crippen molar-refractivity contribution in [3.63, 3.8) is 0 Å². The van der Waals surface area contributed by atoms with E-state index in [0.29, 0.717) is 0 Å². The average molecular weight is 162 g/mol. The molecule has 1 heterocycles. The second-order valence-electron chi connectivity index (χ2n) is 2.46. The number of hydrogen-bond acceptors (Lipinski definition) is 2. The van der Waals surface area contributed by atoms with E-state index in [1.807, 2.05) is 30.3 Å². The third-order valence-electron chi connectivity index (χ3n) is 1.63. The molecule has 12 heavy (non-hydrogen) atoms. The minimum Gasteiger partial charge on any atom is -0.412 e. The highest BCUT2D eigenvalue weighted by atomic mass is 16.0. The van der Waals surface area contributed by atoms with Gasteiger partial charge in [-0.3, -0.25) is 4.98 Å². The van der Waals surface area contributed by atoms with Crippen LogP contribution in [0.1, 0.15) is 0 Å². The fraction of sp³-hybridized carbons (Fsp3) is 0. The highest BCUT2D eigenvalue weighted by molar-refractivity contribution is 5.81. The molecule has 62 valence electrons. The molecule has 0 aliphatic rings. The topological polar surface area (TPSA) is 70.4 Å². The number of aromatic nitrogens is 1. The number of nitrogen functional groups attached to an aromatic ring is 1. The number of nitrogens with zero attached hydrogens (tertiary/aromatic N) is 1. The quantitative estimate of drug-likeness (QED) is 0.587. The van der Waals surface area contributed by atoms with Crippen LogP contribution in [0.4, 0.5) is 5.69 Å². The molecule has 0 amide bonds. The lowest BCUT2D eigenvalue weighted by Gasteiger charge is -1.96. The molecule has 0 unspecified atom stereocenters. The molecule has 0 radical (unpaired) electrons. The Morgan fingerprint density at radius 1 is 1.17 bits per heavy atom. The van der Waals surface area contributed by atoms with Gasteiger partial charge in [-0.1, -0.05) is 6.07 Å². The Balaban J connectivity index is 0.000000720. The zero-order valence-electron chi connectivity index (χ0n) is 6.49. The van der Waals surface area contributed by atoms with Gasteiger partial charge in [0.25, 0.3) is 0 Å². The molecule has 1 aromatic carbocycles. The Morgan fingerprint density at radius 2 is 2.00 bits per heavy atom. The molecule has 0 saturated carbocycles. The fourth-order valence-electron chi connectivity index (χ4n) is 1.09. The number of anilines is 1. The zero-order valence-corrected chi connectivity index (χ0v) is 6.49. The van der Waals surface area contributed by atoms with Gasteiger partial charge in [-0.05, 0) is 24.3 Å². The summed E-state index contributed by atoms with van der Waals surface area (Å²) in [6.07, 6.45) is 1.78. The van der Waals surface area contributed by atoms with E-state index >= 15 is 0 Å². The van der Waals surface area contributed by atoms with E-state index in [2.05, 4.69) is 4.98 Å². The lowest BCUT2D eigenvalue weighted by Crippen LogP contribution is -1.84. The Hall–Kier alpha value is -1.61. The summed E-state index contributed by atoms with van der Waals surface area (Å²) in [6, 6.07) is 9.60. The molecule has 0 saturated heterocycles. The third kappa shape index (κ3) is 1.35. The first-order valence-electron chi connectivity index (χ1n) is 3.46. The van der Waals surface area contributed by atoms with Crippen LogP contribution in [0.5, 0.6) is 0 Å². The Labute approximate surface area is 70.2 Å². The molecular weight excluding hydrogens is 152 g/mol. The summed E-state index contributed by atoms with van der Waals surface area (Å²) in [5.41, 5.74) is 7.37. The number of benzene rings is 1. The maximum absolute atomic E-state index is 5.60. The summed E-state index contributed by atoms with van der Waals surface area (Å²) >= 11 is 0. The normalized spacial score (nSPS) is 9.33. The van der Waals surface area contributed by atoms with Gasteiger partial charge in [0.1, 0.15) is 0 Å². The van der Waals surface area contributed by atoms with Crippen molar-refractivity contribution in [2.75, 3.05) is 5.73 Å². The number of nitrogens with two attached hydrogens (primary N) is 1. The van der Waals surface area contributed by atoms with Gasteiger partial charge in [-0.15, -0.1) is 0 Å². The number of rotatable bonds is 0. The number of pyridine rings is 1. The highest BCUT2D eigenvalue weighted by Crippen LogP contribution is 2.13. The van der Waals surface area contributed by atoms with Crippen molar-refractivity contribution < 1.29 is 5.48 Å². The number of hydrogen-bond donors (Lipinski definition) is 1. The molecule has 2 rings (SSSR count). The van der Waals surface area contributed by atoms with Gasteiger partial charge in [0.05, 0.1) is 5.52 Å². The lowest BCUT2D eigenvalue weighted by atomic mass is 10.2. The predicted octanol–water partition coefficient (Wildman–Crippen LogP) is 0.992. The summed E-state index contributed by atoms with van der Waals surface area (Å²) in [5.74, 6) is 0. The monoisotopic (exact) mass is 162 g/mol. The minimum absolute atomic E-state index is 0. The van der Waals surface area contributed by atoms with Crippen molar-refractivity contribution >= 4 is 16.6 Å². The maximum atomic E-state index is 5.60. The van der Waals surface area contributed by atoms with Crippen LogP contribution in [0.3, 0.4) is 0 Å². The van der Waals surface area contributed by atoms with Crippen molar-refractivity contribution in [1.82, 2.24) is 4.98 Å². The van der Waals surface area contributed by atoms with Crippen LogP contribution < -0.4 is 5.73 Å². The van der Waals surface area contributed by atoms with E-state index < -0.39 is 0 Å². The van der Waals surface area contributed by atoms with Gasteiger partial charge in [-0.2, -0.15) is 0 Å². The maximum Gasteiger partial charge on any atom is 0.0703 e. The summed E-state index contributed by atoms with van der Waals surface area (Å²) < 4.78 is 0. The predicted molar refractivity (Wildman–Crippen MR) is 49.8 cm³/mol. The average Bonchev–Trinajstić information content (AvgIpc) is 2.04. The first-order valence-corrected chi connectivity index (χ1v) is 3.46. The van der Waals surface area contributed by atoms with Crippen LogP contribution in [0.15, 0.2) is 36.5 Å². The first-order chi connectivity index (χ1) is 5.36. The SMILES string of the molecule is Nc1ccc2ncccc2c1.O. The van der Waals surface area contributed by atoms with E-state index in [4.69, 9.17) is 5.73 Å². The third-order valence-corrected chi connectivity index (χ3v) is 1.63. The molecule has 3 heteroatoms. The molecule has 0 spiro atoms. The van der Waals surface area contributed by atoms with Crippen molar-refractivity contribution in [1.29, 1.82) is 0 Å². The molecular formula is C9H10N2O. The van der Waals surface area contributed by atoms with Gasteiger partial charge in [0.15, 0.2) is 0 Å². The van der Waals surface area contributed by atoms with Gasteiger partial charge in [0, 0.05) is 17.3 Å². The van der Waals surface area contributed by atoms with Gasteiger partial charge in [-0.25, -0.2) is 0 Å². The van der Waals surface area contributed by atoms with E-state index in [-0.39, 0.29) is 5.48 Å². The molecule has 0 fully saturated rings. The molecule has 0 atom stereocenters. The highest BCUT2D eigenvalue weighted by Gasteiger charge is 1.91. The largest absolute Gasteiger partial charge is 0.412 e. The van der Waals surface area contributed by atoms with Crippen LogP contribution in [-0.2, 0) is 0 Å². The van der Waals surface area contributed by atoms with E-state index in [9.17, 15) is 0 Å². The van der Waals surface area contributed by atoms with Gasteiger partial charge in [0.2, 0.25) is 0 Å². The van der Waals surface area contributed by atoms with Crippen molar-refractivity contribution in [2.45, 2.75) is 0 Å². The molecule has 0 bridgehead atoms. The summed E-state index contributed by atoms with van der Waals surface area (Å²) in [5, 5.41) is 1.09. The second kappa shape index (κ2) is 3.19. The van der Waals surface area contributed by atoms with Gasteiger partial charge >= 0.3 is 0 Å². The van der Waals surface area contributed by atoms with Crippen molar-refractivity contribution in [2.24, 2.45) is 0 Å². The fourth-order valence-corrected chi connectivity index (χ4v) is 1.09. The Morgan fingerprint density at radius 3 is 2.83 bits per heavy atom. The summed E-state index contributed by atoms with van der Waals surface area (Å²) in [4.78, 5) is 4.17. The second-order valence-corrected chi connectivity index (χ2v) is 2.46. The smallest absolute Gasteiger partial charge is 0.0703 e. The van der Waals surface area contributed by atoms with Crippen LogP contribution in [0.2, 0.25) is 0 Å². The van der Waals surface area contributed by atoms with E-state index in [1.54, 1.807) is 6.20 Å². The minimum atomic E-state index is 0. The van der Waals surface area contributed by atoms with E-state index in [1.165, 1.54) is 0 Å². The van der Waals surface area contributed by atoms with Crippen LogP contribution in [0, 0.1) is 0 Å². The van der Waals surface area contributed by atoms with Crippen LogP contribution in [-0.4, -0.2) is 10.5 Å². The molecule has 4 N–H and O–H groups in total. The molecule has 2 aromatic rings. The molecule has 1 aromatic heterocycles. The van der Waals surface area contributed by atoms with Crippen LogP contribution >= 0.6 is 0 Å². The molecule has 0 aliphatic heterocycles. The Bertz CT molecular complexity index is 387. The molecule has 0 aliphatic carbocycles. The van der Waals surface area contributed by atoms with Gasteiger partial charge < -0.3 is 11.2 Å². The number of fused-ring (bicyclic) bond motifs is 1. The summed E-state index contributed by atoms with van der Waals surface area (Å²) in [6.45, 7) is 0. The Kier molecular flexibility index (Phi) is 2.26. The van der Waals surface area contributed by atoms with Crippen molar-refractivity contribution in [3.05, 3.63) is 36.5 Å². The molecule has 3 nitrogen and oxygen atoms in total. The first kappa shape index (κ1) is 8.49. The standard InChI is InChI=1S/C9H8N2.H2O/c10-8-3-4-9-7(6-8)2-1-5-11-9;/h1-6H,10H2;1H2. The van der Waals surface area contributed by atoms with E-state index in [0.717, 1.165) is 16.6 Å².